The van der Waals surface area contributed by atoms with Crippen LogP contribution in [0.1, 0.15) is 15.9 Å². The molecule has 0 unspecified atom stereocenters. The predicted molar refractivity (Wildman–Crippen MR) is 84.7 cm³/mol. The fraction of sp³-hybridized carbons (Fsp3) is 0.118. The van der Waals surface area contributed by atoms with Crippen LogP contribution >= 0.6 is 0 Å². The first-order valence-electron chi connectivity index (χ1n) is 6.93. The third kappa shape index (κ3) is 2.55. The quantitative estimate of drug-likeness (QED) is 0.693. The zero-order valence-electron chi connectivity index (χ0n) is 12.6. The SMILES string of the molecule is COc1ccccc1Oc1nc2c(C)cccn2c(=O)c1C=O. The van der Waals surface area contributed by atoms with Gasteiger partial charge in [0, 0.05) is 6.20 Å². The van der Waals surface area contributed by atoms with Crippen LogP contribution in [0.3, 0.4) is 0 Å². The number of nitrogens with zero attached hydrogens (tertiary/aromatic N) is 2. The second-order valence-electron chi connectivity index (χ2n) is 4.89. The van der Waals surface area contributed by atoms with E-state index in [2.05, 4.69) is 4.98 Å². The van der Waals surface area contributed by atoms with Crippen LogP contribution in [0.25, 0.3) is 5.65 Å². The number of ether oxygens (including phenoxy) is 2. The molecule has 6 heteroatoms. The Morgan fingerprint density at radius 1 is 1.13 bits per heavy atom. The van der Waals surface area contributed by atoms with Gasteiger partial charge in [-0.25, -0.2) is 0 Å². The molecule has 116 valence electrons. The number of carbonyl (C=O) groups is 1. The van der Waals surface area contributed by atoms with E-state index in [4.69, 9.17) is 9.47 Å². The molecule has 6 nitrogen and oxygen atoms in total. The molecule has 0 fully saturated rings. The summed E-state index contributed by atoms with van der Waals surface area (Å²) in [7, 11) is 1.51. The van der Waals surface area contributed by atoms with E-state index in [-0.39, 0.29) is 11.4 Å². The second kappa shape index (κ2) is 5.92. The molecular formula is C17H14N2O4. The maximum absolute atomic E-state index is 12.5. The van der Waals surface area contributed by atoms with Gasteiger partial charge < -0.3 is 9.47 Å². The molecule has 0 amide bonds. The standard InChI is InChI=1S/C17H14N2O4/c1-11-6-5-9-19-15(11)18-16(12(10-20)17(19)21)23-14-8-4-3-7-13(14)22-2/h3-10H,1-2H3. The lowest BCUT2D eigenvalue weighted by Crippen LogP contribution is -2.21. The number of hydrogen-bond donors (Lipinski definition) is 0. The molecule has 2 heterocycles. The van der Waals surface area contributed by atoms with Crippen molar-refractivity contribution in [1.82, 2.24) is 9.38 Å². The number of benzene rings is 1. The van der Waals surface area contributed by atoms with Gasteiger partial charge in [-0.3, -0.25) is 14.0 Å². The van der Waals surface area contributed by atoms with Gasteiger partial charge in [-0.15, -0.1) is 0 Å². The van der Waals surface area contributed by atoms with Gasteiger partial charge in [0.2, 0.25) is 5.88 Å². The third-order valence-electron chi connectivity index (χ3n) is 3.44. The summed E-state index contributed by atoms with van der Waals surface area (Å²) in [5, 5.41) is 0. The summed E-state index contributed by atoms with van der Waals surface area (Å²) in [6.45, 7) is 1.83. The van der Waals surface area contributed by atoms with Crippen molar-refractivity contribution < 1.29 is 14.3 Å². The van der Waals surface area contributed by atoms with Crippen molar-refractivity contribution in [3.63, 3.8) is 0 Å². The van der Waals surface area contributed by atoms with Crippen molar-refractivity contribution in [2.24, 2.45) is 0 Å². The molecule has 0 atom stereocenters. The molecule has 0 aliphatic rings. The highest BCUT2D eigenvalue weighted by atomic mass is 16.5. The van der Waals surface area contributed by atoms with Gasteiger partial charge in [0.1, 0.15) is 11.2 Å². The van der Waals surface area contributed by atoms with E-state index in [1.165, 1.54) is 11.5 Å². The Morgan fingerprint density at radius 3 is 2.57 bits per heavy atom. The molecule has 23 heavy (non-hydrogen) atoms. The van der Waals surface area contributed by atoms with Crippen LogP contribution in [0.2, 0.25) is 0 Å². The highest BCUT2D eigenvalue weighted by Crippen LogP contribution is 2.30. The van der Waals surface area contributed by atoms with Gasteiger partial charge in [-0.05, 0) is 30.7 Å². The highest BCUT2D eigenvalue weighted by Gasteiger charge is 2.16. The Hall–Kier alpha value is -3.15. The Kier molecular flexibility index (Phi) is 3.80. The molecule has 0 bridgehead atoms. The minimum Gasteiger partial charge on any atom is -0.493 e. The van der Waals surface area contributed by atoms with Gasteiger partial charge >= 0.3 is 0 Å². The summed E-state index contributed by atoms with van der Waals surface area (Å²) < 4.78 is 12.2. The lowest BCUT2D eigenvalue weighted by molar-refractivity contribution is 0.111. The first-order chi connectivity index (χ1) is 11.2. The molecule has 0 aliphatic heterocycles. The molecule has 1 aromatic carbocycles. The van der Waals surface area contributed by atoms with E-state index in [9.17, 15) is 9.59 Å². The normalized spacial score (nSPS) is 10.5. The summed E-state index contributed by atoms with van der Waals surface area (Å²) in [5.41, 5.74) is 0.623. The number of fused-ring (bicyclic) bond motifs is 1. The minimum atomic E-state index is -0.474. The molecule has 0 spiro atoms. The van der Waals surface area contributed by atoms with Crippen molar-refractivity contribution in [3.05, 3.63) is 64.1 Å². The third-order valence-corrected chi connectivity index (χ3v) is 3.44. The van der Waals surface area contributed by atoms with Gasteiger partial charge in [0.15, 0.2) is 17.8 Å². The first-order valence-corrected chi connectivity index (χ1v) is 6.93. The van der Waals surface area contributed by atoms with Crippen LogP contribution in [0.5, 0.6) is 17.4 Å². The van der Waals surface area contributed by atoms with Crippen molar-refractivity contribution in [1.29, 1.82) is 0 Å². The average molecular weight is 310 g/mol. The summed E-state index contributed by atoms with van der Waals surface area (Å²) in [5.74, 6) is 0.822. The monoisotopic (exact) mass is 310 g/mol. The van der Waals surface area contributed by atoms with E-state index in [1.54, 1.807) is 36.5 Å². The fourth-order valence-electron chi connectivity index (χ4n) is 2.28. The Bertz CT molecular complexity index is 947. The molecular weight excluding hydrogens is 296 g/mol. The lowest BCUT2D eigenvalue weighted by Gasteiger charge is -2.12. The van der Waals surface area contributed by atoms with Crippen molar-refractivity contribution in [2.45, 2.75) is 6.92 Å². The van der Waals surface area contributed by atoms with Gasteiger partial charge in [-0.1, -0.05) is 18.2 Å². The number of aryl methyl sites for hydroxylation is 1. The number of carbonyl (C=O) groups excluding carboxylic acids is 1. The second-order valence-corrected chi connectivity index (χ2v) is 4.89. The zero-order chi connectivity index (χ0) is 16.4. The fourth-order valence-corrected chi connectivity index (χ4v) is 2.28. The number of hydrogen-bond acceptors (Lipinski definition) is 5. The Morgan fingerprint density at radius 2 is 1.87 bits per heavy atom. The van der Waals surface area contributed by atoms with Crippen LogP contribution in [-0.4, -0.2) is 22.8 Å². The largest absolute Gasteiger partial charge is 0.493 e. The maximum Gasteiger partial charge on any atom is 0.272 e. The average Bonchev–Trinajstić information content (AvgIpc) is 2.57. The van der Waals surface area contributed by atoms with Crippen LogP contribution in [0, 0.1) is 6.92 Å². The molecule has 0 saturated heterocycles. The number of rotatable bonds is 4. The molecule has 0 aliphatic carbocycles. The summed E-state index contributed by atoms with van der Waals surface area (Å²) >= 11 is 0. The summed E-state index contributed by atoms with van der Waals surface area (Å²) in [6.07, 6.45) is 2.02. The van der Waals surface area contributed by atoms with E-state index in [0.29, 0.717) is 23.4 Å². The zero-order valence-corrected chi connectivity index (χ0v) is 12.6. The molecule has 0 radical (unpaired) electrons. The van der Waals surface area contributed by atoms with Gasteiger partial charge in [-0.2, -0.15) is 4.98 Å². The number of pyridine rings is 1. The molecule has 0 saturated carbocycles. The minimum absolute atomic E-state index is 0.0381. The first kappa shape index (κ1) is 14.8. The molecule has 2 aromatic heterocycles. The Balaban J connectivity index is 2.23. The topological polar surface area (TPSA) is 69.9 Å². The van der Waals surface area contributed by atoms with Crippen LogP contribution in [-0.2, 0) is 0 Å². The van der Waals surface area contributed by atoms with E-state index >= 15 is 0 Å². The number of aromatic nitrogens is 2. The maximum atomic E-state index is 12.5. The van der Waals surface area contributed by atoms with E-state index in [1.807, 2.05) is 13.0 Å². The Labute approximate surface area is 131 Å². The predicted octanol–water partition coefficient (Wildman–Crippen LogP) is 2.62. The summed E-state index contributed by atoms with van der Waals surface area (Å²) in [4.78, 5) is 28.1. The van der Waals surface area contributed by atoms with Gasteiger partial charge in [0.25, 0.3) is 5.56 Å². The van der Waals surface area contributed by atoms with E-state index in [0.717, 1.165) is 5.56 Å². The summed E-state index contributed by atoms with van der Waals surface area (Å²) in [6, 6.07) is 10.5. The molecule has 3 aromatic rings. The number of aldehydes is 1. The number of methoxy groups -OCH3 is 1. The van der Waals surface area contributed by atoms with Crippen molar-refractivity contribution in [2.75, 3.05) is 7.11 Å². The molecule has 3 rings (SSSR count). The highest BCUT2D eigenvalue weighted by molar-refractivity contribution is 5.78. The lowest BCUT2D eigenvalue weighted by atomic mass is 10.2. The van der Waals surface area contributed by atoms with Crippen LogP contribution in [0.15, 0.2) is 47.4 Å². The number of para-hydroxylation sites is 2. The van der Waals surface area contributed by atoms with Gasteiger partial charge in [0.05, 0.1) is 7.11 Å². The van der Waals surface area contributed by atoms with E-state index < -0.39 is 5.56 Å². The van der Waals surface area contributed by atoms with Crippen molar-refractivity contribution in [3.8, 4) is 17.4 Å². The smallest absolute Gasteiger partial charge is 0.272 e. The van der Waals surface area contributed by atoms with Crippen LogP contribution < -0.4 is 15.0 Å². The van der Waals surface area contributed by atoms with Crippen molar-refractivity contribution >= 4 is 11.9 Å². The molecule has 0 N–H and O–H groups in total. The van der Waals surface area contributed by atoms with Crippen LogP contribution in [0.4, 0.5) is 0 Å².